The Morgan fingerprint density at radius 1 is 1.11 bits per heavy atom. The second-order valence-electron chi connectivity index (χ2n) is 8.08. The molecule has 0 aromatic heterocycles. The largest absolute Gasteiger partial charge is 0.488 e. The molecule has 0 unspecified atom stereocenters. The number of carbonyl (C=O) groups excluding carboxylic acids is 2. The second kappa shape index (κ2) is 11.2. The molecule has 0 fully saturated rings. The Morgan fingerprint density at radius 3 is 2.58 bits per heavy atom. The molecule has 7 nitrogen and oxygen atoms in total. The van der Waals surface area contributed by atoms with Crippen LogP contribution in [0.2, 0.25) is 0 Å². The number of nitrogens with zero attached hydrogens (tertiary/aromatic N) is 2. The number of amides is 1. The van der Waals surface area contributed by atoms with Gasteiger partial charge in [0.15, 0.2) is 0 Å². The van der Waals surface area contributed by atoms with Crippen LogP contribution in [0, 0.1) is 0 Å². The summed E-state index contributed by atoms with van der Waals surface area (Å²) in [7, 11) is 0. The molecule has 3 aromatic carbocycles. The van der Waals surface area contributed by atoms with Crippen LogP contribution >= 0.6 is 15.9 Å². The topological polar surface area (TPSA) is 77.4 Å². The number of ether oxygens (including phenoxy) is 3. The second-order valence-corrected chi connectivity index (χ2v) is 8.99. The van der Waals surface area contributed by atoms with Crippen LogP contribution in [0.1, 0.15) is 42.3 Å². The highest BCUT2D eigenvalue weighted by Gasteiger charge is 2.37. The van der Waals surface area contributed by atoms with Crippen molar-refractivity contribution in [1.82, 2.24) is 5.01 Å². The molecule has 0 saturated carbocycles. The van der Waals surface area contributed by atoms with E-state index in [2.05, 4.69) is 27.6 Å². The monoisotopic (exact) mass is 548 g/mol. The van der Waals surface area contributed by atoms with Crippen molar-refractivity contribution in [2.45, 2.75) is 33.1 Å². The Balaban J connectivity index is 1.71. The maximum atomic E-state index is 12.6. The molecule has 0 spiro atoms. The smallest absolute Gasteiger partial charge is 0.308 e. The van der Waals surface area contributed by atoms with E-state index in [0.29, 0.717) is 35.7 Å². The molecule has 4 rings (SSSR count). The van der Waals surface area contributed by atoms with Crippen LogP contribution in [0.15, 0.2) is 89.0 Å². The minimum Gasteiger partial charge on any atom is -0.488 e. The molecule has 0 radical (unpaired) electrons. The Bertz CT molecular complexity index is 1320. The highest BCUT2D eigenvalue weighted by molar-refractivity contribution is 9.10. The third-order valence-electron chi connectivity index (χ3n) is 5.38. The van der Waals surface area contributed by atoms with Gasteiger partial charge in [-0.05, 0) is 41.8 Å². The molecule has 0 aliphatic carbocycles. The molecule has 0 bridgehead atoms. The van der Waals surface area contributed by atoms with Crippen molar-refractivity contribution >= 4 is 33.7 Å². The number of halogens is 1. The third kappa shape index (κ3) is 5.66. The summed E-state index contributed by atoms with van der Waals surface area (Å²) in [5.74, 6) is 0.268. The van der Waals surface area contributed by atoms with E-state index in [0.717, 1.165) is 15.6 Å². The maximum Gasteiger partial charge on any atom is 0.308 e. The fourth-order valence-corrected chi connectivity index (χ4v) is 4.15. The van der Waals surface area contributed by atoms with Crippen molar-refractivity contribution < 1.29 is 23.8 Å². The van der Waals surface area contributed by atoms with E-state index in [1.165, 1.54) is 18.9 Å². The molecule has 1 aliphatic rings. The van der Waals surface area contributed by atoms with Crippen LogP contribution in [0.25, 0.3) is 0 Å². The molecule has 3 aromatic rings. The summed E-state index contributed by atoms with van der Waals surface area (Å²) in [6.45, 7) is 6.85. The molecule has 1 amide bonds. The summed E-state index contributed by atoms with van der Waals surface area (Å²) >= 11 is 3.50. The summed E-state index contributed by atoms with van der Waals surface area (Å²) in [6.07, 6.45) is 1.25. The van der Waals surface area contributed by atoms with E-state index in [1.54, 1.807) is 12.1 Å². The van der Waals surface area contributed by atoms with Crippen LogP contribution in [0.5, 0.6) is 11.5 Å². The molecule has 1 atom stereocenters. The zero-order chi connectivity index (χ0) is 25.7. The van der Waals surface area contributed by atoms with Gasteiger partial charge in [0.05, 0.1) is 11.1 Å². The van der Waals surface area contributed by atoms with Gasteiger partial charge >= 0.3 is 5.97 Å². The molecular weight excluding hydrogens is 524 g/mol. The van der Waals surface area contributed by atoms with Gasteiger partial charge in [0, 0.05) is 18.3 Å². The van der Waals surface area contributed by atoms with Crippen molar-refractivity contribution in [2.75, 3.05) is 0 Å². The normalized spacial score (nSPS) is 14.6. The average Bonchev–Trinajstić information content (AvgIpc) is 3.30. The fraction of sp³-hybridized carbons (Fsp3) is 0.179. The molecule has 184 valence electrons. The van der Waals surface area contributed by atoms with Crippen LogP contribution < -0.4 is 9.47 Å². The SMILES string of the molecule is C=CCc1cccc([C@H]2OC(c3cc(Br)ccc3OCc3ccccc3)=NN2C(C)=O)c1OC(C)=O. The number of esters is 1. The first-order chi connectivity index (χ1) is 17.4. The van der Waals surface area contributed by atoms with Crippen LogP contribution in [-0.2, 0) is 27.4 Å². The first kappa shape index (κ1) is 25.2. The third-order valence-corrected chi connectivity index (χ3v) is 5.87. The Kier molecular flexibility index (Phi) is 7.85. The molecule has 0 N–H and O–H groups in total. The number of hydrogen-bond donors (Lipinski definition) is 0. The van der Waals surface area contributed by atoms with Crippen LogP contribution in [0.3, 0.4) is 0 Å². The molecule has 1 heterocycles. The summed E-state index contributed by atoms with van der Waals surface area (Å²) < 4.78 is 18.7. The highest BCUT2D eigenvalue weighted by Crippen LogP contribution is 2.39. The molecule has 8 heteroatoms. The Labute approximate surface area is 218 Å². The van der Waals surface area contributed by atoms with Gasteiger partial charge in [0.2, 0.25) is 18.0 Å². The first-order valence-electron chi connectivity index (χ1n) is 11.3. The summed E-state index contributed by atoms with van der Waals surface area (Å²) in [6, 6.07) is 20.7. The van der Waals surface area contributed by atoms with E-state index in [4.69, 9.17) is 14.2 Å². The molecule has 36 heavy (non-hydrogen) atoms. The number of carbonyl (C=O) groups is 2. The van der Waals surface area contributed by atoms with Crippen LogP contribution in [0.4, 0.5) is 0 Å². The number of allylic oxidation sites excluding steroid dienone is 1. The van der Waals surface area contributed by atoms with E-state index < -0.39 is 12.2 Å². The predicted molar refractivity (Wildman–Crippen MR) is 139 cm³/mol. The van der Waals surface area contributed by atoms with Crippen molar-refractivity contribution in [3.05, 3.63) is 106 Å². The van der Waals surface area contributed by atoms with Gasteiger partial charge < -0.3 is 14.2 Å². The van der Waals surface area contributed by atoms with E-state index >= 15 is 0 Å². The standard InChI is InChI=1S/C28H25BrN2O5/c1-4-9-21-12-8-13-23(26(21)35-19(3)33)28-31(18(2)32)30-27(36-28)24-16-22(29)14-15-25(24)34-17-20-10-6-5-7-11-20/h4-8,10-16,28H,1,9,17H2,2-3H3/t28-/m1/s1. The summed E-state index contributed by atoms with van der Waals surface area (Å²) in [5.41, 5.74) is 2.83. The summed E-state index contributed by atoms with van der Waals surface area (Å²) in [4.78, 5) is 24.5. The quantitative estimate of drug-likeness (QED) is 0.198. The van der Waals surface area contributed by atoms with E-state index in [9.17, 15) is 9.59 Å². The van der Waals surface area contributed by atoms with E-state index in [-0.39, 0.29) is 11.8 Å². The number of rotatable bonds is 8. The Hall–Kier alpha value is -3.91. The fourth-order valence-electron chi connectivity index (χ4n) is 3.79. The number of hydrazone groups is 1. The first-order valence-corrected chi connectivity index (χ1v) is 12.1. The minimum atomic E-state index is -0.933. The van der Waals surface area contributed by atoms with Gasteiger partial charge in [-0.25, -0.2) is 0 Å². The minimum absolute atomic E-state index is 0.211. The zero-order valence-corrected chi connectivity index (χ0v) is 21.5. The number of para-hydroxylation sites is 1. The van der Waals surface area contributed by atoms with Crippen molar-refractivity contribution in [1.29, 1.82) is 0 Å². The molecule has 0 saturated heterocycles. The van der Waals surface area contributed by atoms with Gasteiger partial charge in [-0.15, -0.1) is 11.7 Å². The number of hydrogen-bond acceptors (Lipinski definition) is 6. The van der Waals surface area contributed by atoms with Gasteiger partial charge in [-0.1, -0.05) is 64.5 Å². The lowest BCUT2D eigenvalue weighted by Crippen LogP contribution is -2.26. The van der Waals surface area contributed by atoms with Crippen LogP contribution in [-0.4, -0.2) is 22.8 Å². The maximum absolute atomic E-state index is 12.6. The number of benzene rings is 3. The van der Waals surface area contributed by atoms with Gasteiger partial charge in [0.1, 0.15) is 18.1 Å². The average molecular weight is 549 g/mol. The van der Waals surface area contributed by atoms with Gasteiger partial charge in [-0.2, -0.15) is 5.01 Å². The summed E-state index contributed by atoms with van der Waals surface area (Å²) in [5, 5.41) is 5.72. The molecule has 1 aliphatic heterocycles. The lowest BCUT2D eigenvalue weighted by atomic mass is 10.0. The highest BCUT2D eigenvalue weighted by atomic mass is 79.9. The lowest BCUT2D eigenvalue weighted by molar-refractivity contribution is -0.135. The van der Waals surface area contributed by atoms with Crippen molar-refractivity contribution in [3.8, 4) is 11.5 Å². The zero-order valence-electron chi connectivity index (χ0n) is 19.9. The Morgan fingerprint density at radius 2 is 1.89 bits per heavy atom. The van der Waals surface area contributed by atoms with E-state index in [1.807, 2.05) is 60.7 Å². The van der Waals surface area contributed by atoms with Crippen molar-refractivity contribution in [3.63, 3.8) is 0 Å². The predicted octanol–water partition coefficient (Wildman–Crippen LogP) is 5.92. The van der Waals surface area contributed by atoms with Crippen molar-refractivity contribution in [2.24, 2.45) is 5.10 Å². The lowest BCUT2D eigenvalue weighted by Gasteiger charge is -2.22. The van der Waals surface area contributed by atoms with Gasteiger partial charge in [-0.3, -0.25) is 9.59 Å². The van der Waals surface area contributed by atoms with Gasteiger partial charge in [0.25, 0.3) is 0 Å². The molecular formula is C28H25BrN2O5.